The molecule has 1 atom stereocenters. The number of hydrogen-bond donors (Lipinski definition) is 2. The Hall–Kier alpha value is -1.42. The monoisotopic (exact) mass is 291 g/mol. The molecule has 0 aliphatic carbocycles. The Balaban J connectivity index is 2.34. The van der Waals surface area contributed by atoms with E-state index in [-0.39, 0.29) is 5.92 Å². The molecule has 0 heterocycles. The SMILES string of the molecule is ONC(=S)CC(c1ccccc1)c1ccc(Cl)cc1. The fourth-order valence-corrected chi connectivity index (χ4v) is 2.33. The van der Waals surface area contributed by atoms with Gasteiger partial charge in [0.05, 0.1) is 0 Å². The van der Waals surface area contributed by atoms with Crippen LogP contribution in [0.5, 0.6) is 0 Å². The highest BCUT2D eigenvalue weighted by Crippen LogP contribution is 2.29. The average molecular weight is 292 g/mol. The summed E-state index contributed by atoms with van der Waals surface area (Å²) in [4.78, 5) is 0.420. The van der Waals surface area contributed by atoms with E-state index >= 15 is 0 Å². The molecule has 19 heavy (non-hydrogen) atoms. The Morgan fingerprint density at radius 1 is 1.05 bits per heavy atom. The molecule has 2 rings (SSSR count). The summed E-state index contributed by atoms with van der Waals surface area (Å²) in [6.07, 6.45) is 0.553. The molecule has 0 bridgehead atoms. The van der Waals surface area contributed by atoms with E-state index in [1.54, 1.807) is 0 Å². The van der Waals surface area contributed by atoms with Gasteiger partial charge in [0.1, 0.15) is 4.99 Å². The van der Waals surface area contributed by atoms with E-state index in [0.717, 1.165) is 11.1 Å². The molecule has 1 unspecified atom stereocenters. The number of rotatable bonds is 4. The van der Waals surface area contributed by atoms with Crippen LogP contribution in [0.1, 0.15) is 23.5 Å². The quantitative estimate of drug-likeness (QED) is 0.655. The third kappa shape index (κ3) is 3.77. The van der Waals surface area contributed by atoms with Crippen LogP contribution in [0.2, 0.25) is 5.02 Å². The second-order valence-corrected chi connectivity index (χ2v) is 5.18. The molecule has 0 aliphatic rings. The van der Waals surface area contributed by atoms with Gasteiger partial charge >= 0.3 is 0 Å². The van der Waals surface area contributed by atoms with Crippen molar-refractivity contribution < 1.29 is 5.21 Å². The van der Waals surface area contributed by atoms with Crippen molar-refractivity contribution in [2.75, 3.05) is 0 Å². The first-order valence-electron chi connectivity index (χ1n) is 5.94. The second-order valence-electron chi connectivity index (χ2n) is 4.25. The van der Waals surface area contributed by atoms with Gasteiger partial charge in [0, 0.05) is 17.4 Å². The number of hydrogen-bond acceptors (Lipinski definition) is 2. The summed E-state index contributed by atoms with van der Waals surface area (Å²) in [6.45, 7) is 0. The molecule has 0 spiro atoms. The lowest BCUT2D eigenvalue weighted by atomic mass is 9.88. The third-order valence-corrected chi connectivity index (χ3v) is 3.50. The van der Waals surface area contributed by atoms with Crippen LogP contribution in [0.15, 0.2) is 54.6 Å². The van der Waals surface area contributed by atoms with Gasteiger partial charge in [-0.3, -0.25) is 10.7 Å². The Bertz CT molecular complexity index is 542. The van der Waals surface area contributed by atoms with Gasteiger partial charge in [-0.05, 0) is 23.3 Å². The number of benzene rings is 2. The molecule has 98 valence electrons. The van der Waals surface area contributed by atoms with Gasteiger partial charge in [0.15, 0.2) is 0 Å². The maximum Gasteiger partial charge on any atom is 0.101 e. The Labute approximate surface area is 123 Å². The summed E-state index contributed by atoms with van der Waals surface area (Å²) in [7, 11) is 0. The van der Waals surface area contributed by atoms with Crippen molar-refractivity contribution in [2.24, 2.45) is 0 Å². The lowest BCUT2D eigenvalue weighted by Crippen LogP contribution is -2.19. The standard InChI is InChI=1S/C15H14ClNOS/c16-13-8-6-12(7-9-13)14(10-15(19)17-18)11-4-2-1-3-5-11/h1-9,14,18H,10H2,(H,17,19). The number of halogens is 1. The lowest BCUT2D eigenvalue weighted by Gasteiger charge is -2.18. The van der Waals surface area contributed by atoms with Gasteiger partial charge < -0.3 is 0 Å². The van der Waals surface area contributed by atoms with Gasteiger partial charge in [-0.25, -0.2) is 0 Å². The van der Waals surface area contributed by atoms with Gasteiger partial charge in [0.25, 0.3) is 0 Å². The van der Waals surface area contributed by atoms with E-state index in [9.17, 15) is 0 Å². The molecule has 0 aromatic heterocycles. The fraction of sp³-hybridized carbons (Fsp3) is 0.133. The average Bonchev–Trinajstić information content (AvgIpc) is 2.46. The molecular weight excluding hydrogens is 278 g/mol. The van der Waals surface area contributed by atoms with Crippen molar-refractivity contribution >= 4 is 28.8 Å². The fourth-order valence-electron chi connectivity index (χ4n) is 2.04. The molecule has 2 aromatic rings. The van der Waals surface area contributed by atoms with Crippen molar-refractivity contribution in [1.82, 2.24) is 5.48 Å². The second kappa shape index (κ2) is 6.66. The van der Waals surface area contributed by atoms with Crippen molar-refractivity contribution in [1.29, 1.82) is 0 Å². The summed E-state index contributed by atoms with van der Waals surface area (Å²) in [5.41, 5.74) is 4.33. The molecule has 2 aromatic carbocycles. The van der Waals surface area contributed by atoms with Crippen LogP contribution in [0.25, 0.3) is 0 Å². The minimum Gasteiger partial charge on any atom is -0.291 e. The summed E-state index contributed by atoms with van der Waals surface area (Å²) in [6, 6.07) is 17.8. The zero-order valence-corrected chi connectivity index (χ0v) is 11.8. The predicted molar refractivity (Wildman–Crippen MR) is 81.9 cm³/mol. The minimum atomic E-state index is 0.102. The largest absolute Gasteiger partial charge is 0.291 e. The zero-order valence-electron chi connectivity index (χ0n) is 10.2. The van der Waals surface area contributed by atoms with Crippen molar-refractivity contribution in [2.45, 2.75) is 12.3 Å². The molecular formula is C15H14ClNOS. The summed E-state index contributed by atoms with van der Waals surface area (Å²) in [5.74, 6) is 0.102. The predicted octanol–water partition coefficient (Wildman–Crippen LogP) is 4.17. The van der Waals surface area contributed by atoms with Crippen LogP contribution in [0.3, 0.4) is 0 Å². The van der Waals surface area contributed by atoms with Crippen LogP contribution in [-0.2, 0) is 0 Å². The minimum absolute atomic E-state index is 0.102. The maximum atomic E-state index is 8.91. The van der Waals surface area contributed by atoms with Crippen LogP contribution in [0, 0.1) is 0 Å². The van der Waals surface area contributed by atoms with E-state index in [1.807, 2.05) is 42.5 Å². The highest BCUT2D eigenvalue weighted by molar-refractivity contribution is 7.80. The Morgan fingerprint density at radius 3 is 2.21 bits per heavy atom. The molecule has 0 aliphatic heterocycles. The number of hydroxylamine groups is 1. The smallest absolute Gasteiger partial charge is 0.101 e. The third-order valence-electron chi connectivity index (χ3n) is 2.99. The molecule has 0 amide bonds. The number of nitrogens with one attached hydrogen (secondary N) is 1. The number of thiocarbonyl (C=S) groups is 1. The van der Waals surface area contributed by atoms with Gasteiger partial charge in [0.2, 0.25) is 0 Å². The first-order chi connectivity index (χ1) is 9.20. The van der Waals surface area contributed by atoms with Gasteiger partial charge in [-0.15, -0.1) is 0 Å². The summed E-state index contributed by atoms with van der Waals surface area (Å²) >= 11 is 11.0. The highest BCUT2D eigenvalue weighted by Gasteiger charge is 2.15. The zero-order chi connectivity index (χ0) is 13.7. The van der Waals surface area contributed by atoms with Crippen molar-refractivity contribution in [3.8, 4) is 0 Å². The van der Waals surface area contributed by atoms with Crippen molar-refractivity contribution in [3.05, 3.63) is 70.7 Å². The van der Waals surface area contributed by atoms with Crippen LogP contribution in [0.4, 0.5) is 0 Å². The maximum absolute atomic E-state index is 8.91. The van der Waals surface area contributed by atoms with Crippen molar-refractivity contribution in [3.63, 3.8) is 0 Å². The van der Waals surface area contributed by atoms with E-state index in [2.05, 4.69) is 17.6 Å². The Kier molecular flexibility index (Phi) is 4.91. The highest BCUT2D eigenvalue weighted by atomic mass is 35.5. The summed E-state index contributed by atoms with van der Waals surface area (Å²) < 4.78 is 0. The lowest BCUT2D eigenvalue weighted by molar-refractivity contribution is 0.234. The van der Waals surface area contributed by atoms with Crippen LogP contribution >= 0.6 is 23.8 Å². The van der Waals surface area contributed by atoms with E-state index in [1.165, 1.54) is 0 Å². The molecule has 2 N–H and O–H groups in total. The first-order valence-corrected chi connectivity index (χ1v) is 6.72. The van der Waals surface area contributed by atoms with Gasteiger partial charge in [-0.2, -0.15) is 0 Å². The van der Waals surface area contributed by atoms with E-state index < -0.39 is 0 Å². The van der Waals surface area contributed by atoms with E-state index in [0.29, 0.717) is 16.4 Å². The Morgan fingerprint density at radius 2 is 1.63 bits per heavy atom. The van der Waals surface area contributed by atoms with Crippen LogP contribution < -0.4 is 5.48 Å². The van der Waals surface area contributed by atoms with E-state index in [4.69, 9.17) is 29.0 Å². The normalized spacial score (nSPS) is 11.9. The topological polar surface area (TPSA) is 32.3 Å². The molecule has 0 radical (unpaired) electrons. The molecule has 0 saturated heterocycles. The molecule has 0 fully saturated rings. The van der Waals surface area contributed by atoms with Crippen LogP contribution in [-0.4, -0.2) is 10.2 Å². The first kappa shape index (κ1) is 14.0. The molecule has 0 saturated carbocycles. The molecule has 2 nitrogen and oxygen atoms in total. The summed E-state index contributed by atoms with van der Waals surface area (Å²) in [5, 5.41) is 9.62. The molecule has 4 heteroatoms. The van der Waals surface area contributed by atoms with Gasteiger partial charge in [-0.1, -0.05) is 66.3 Å².